The van der Waals surface area contributed by atoms with Gasteiger partial charge in [0.25, 0.3) is 0 Å². The maximum atomic E-state index is 11.3. The number of carboxylic acid groups (broad SMARTS) is 1. The first-order valence-electron chi connectivity index (χ1n) is 9.78. The predicted molar refractivity (Wildman–Crippen MR) is 100 cm³/mol. The van der Waals surface area contributed by atoms with Crippen molar-refractivity contribution in [3.63, 3.8) is 0 Å². The van der Waals surface area contributed by atoms with Crippen LogP contribution >= 0.6 is 0 Å². The van der Waals surface area contributed by atoms with Crippen LogP contribution in [0.5, 0.6) is 0 Å². The minimum atomic E-state index is -0.624. The lowest BCUT2D eigenvalue weighted by molar-refractivity contribution is -0.150. The topological polar surface area (TPSA) is 63.6 Å². The normalized spacial score (nSPS) is 12.1. The van der Waals surface area contributed by atoms with Gasteiger partial charge < -0.3 is 9.84 Å². The third kappa shape index (κ3) is 9.94. The van der Waals surface area contributed by atoms with E-state index in [2.05, 4.69) is 13.8 Å². The van der Waals surface area contributed by atoms with E-state index in [1.807, 2.05) is 27.7 Å². The number of carbonyl (C=O) groups excluding carboxylic acids is 1. The van der Waals surface area contributed by atoms with Crippen LogP contribution < -0.4 is 0 Å². The highest BCUT2D eigenvalue weighted by Crippen LogP contribution is 2.32. The van der Waals surface area contributed by atoms with Crippen molar-refractivity contribution in [2.45, 2.75) is 99.3 Å². The minimum Gasteiger partial charge on any atom is -0.481 e. The zero-order valence-electron chi connectivity index (χ0n) is 16.8. The molecule has 0 aliphatic rings. The van der Waals surface area contributed by atoms with E-state index in [9.17, 15) is 9.59 Å². The summed E-state index contributed by atoms with van der Waals surface area (Å²) in [5, 5.41) is 9.05. The van der Waals surface area contributed by atoms with E-state index < -0.39 is 11.4 Å². The molecule has 4 heteroatoms. The van der Waals surface area contributed by atoms with Crippen LogP contribution in [-0.2, 0) is 14.3 Å². The van der Waals surface area contributed by atoms with Gasteiger partial charge >= 0.3 is 11.9 Å². The van der Waals surface area contributed by atoms with Crippen LogP contribution in [0.2, 0.25) is 0 Å². The first-order valence-corrected chi connectivity index (χ1v) is 9.78. The Labute approximate surface area is 149 Å². The van der Waals surface area contributed by atoms with Crippen molar-refractivity contribution >= 4 is 11.9 Å². The Morgan fingerprint density at radius 2 is 1.50 bits per heavy atom. The van der Waals surface area contributed by atoms with Gasteiger partial charge in [-0.3, -0.25) is 9.59 Å². The molecule has 1 atom stereocenters. The second kappa shape index (κ2) is 15.5. The Morgan fingerprint density at radius 3 is 1.83 bits per heavy atom. The molecule has 0 fully saturated rings. The molecule has 0 bridgehead atoms. The second-order valence-corrected chi connectivity index (χ2v) is 6.40. The highest BCUT2D eigenvalue weighted by molar-refractivity contribution is 5.74. The Balaban J connectivity index is 0. The summed E-state index contributed by atoms with van der Waals surface area (Å²) in [5.41, 5.74) is -0.448. The molecule has 144 valence electrons. The molecular formula is C20H40O4. The third-order valence-corrected chi connectivity index (χ3v) is 4.83. The molecule has 0 saturated heterocycles. The van der Waals surface area contributed by atoms with E-state index >= 15 is 0 Å². The smallest absolute Gasteiger partial charge is 0.309 e. The number of aliphatic carboxylic acids is 1. The van der Waals surface area contributed by atoms with E-state index in [1.54, 1.807) is 0 Å². The highest BCUT2D eigenvalue weighted by atomic mass is 16.5. The van der Waals surface area contributed by atoms with Gasteiger partial charge in [0, 0.05) is 0 Å². The van der Waals surface area contributed by atoms with E-state index in [0.717, 1.165) is 57.8 Å². The molecule has 0 saturated carbocycles. The molecular weight excluding hydrogens is 304 g/mol. The summed E-state index contributed by atoms with van der Waals surface area (Å²) in [4.78, 5) is 22.2. The van der Waals surface area contributed by atoms with Crippen molar-refractivity contribution in [2.75, 3.05) is 6.61 Å². The molecule has 0 aromatic heterocycles. The molecule has 0 aliphatic heterocycles. The van der Waals surface area contributed by atoms with E-state index in [-0.39, 0.29) is 11.9 Å². The SMILES string of the molecule is CCCCC(CC)(CC)C(=O)O.CCCCC(CC)C(=O)OCC. The number of carboxylic acids is 1. The summed E-state index contributed by atoms with van der Waals surface area (Å²) < 4.78 is 4.95. The van der Waals surface area contributed by atoms with Gasteiger partial charge in [-0.25, -0.2) is 0 Å². The second-order valence-electron chi connectivity index (χ2n) is 6.40. The molecule has 4 nitrogen and oxygen atoms in total. The van der Waals surface area contributed by atoms with Crippen LogP contribution in [0.1, 0.15) is 99.3 Å². The van der Waals surface area contributed by atoms with Crippen LogP contribution in [0.3, 0.4) is 0 Å². The summed E-state index contributed by atoms with van der Waals surface area (Å²) in [6, 6.07) is 0. The van der Waals surface area contributed by atoms with Crippen molar-refractivity contribution < 1.29 is 19.4 Å². The van der Waals surface area contributed by atoms with Gasteiger partial charge in [0.1, 0.15) is 0 Å². The Morgan fingerprint density at radius 1 is 0.958 bits per heavy atom. The number of hydrogen-bond donors (Lipinski definition) is 1. The third-order valence-electron chi connectivity index (χ3n) is 4.83. The minimum absolute atomic E-state index is 0.0200. The summed E-state index contributed by atoms with van der Waals surface area (Å²) >= 11 is 0. The number of carbonyl (C=O) groups is 2. The van der Waals surface area contributed by atoms with Crippen LogP contribution in [-0.4, -0.2) is 23.7 Å². The van der Waals surface area contributed by atoms with Crippen LogP contribution in [0.15, 0.2) is 0 Å². The quantitative estimate of drug-likeness (QED) is 0.452. The summed E-state index contributed by atoms with van der Waals surface area (Å²) in [6.07, 6.45) is 8.57. The van der Waals surface area contributed by atoms with Crippen molar-refractivity contribution in [3.05, 3.63) is 0 Å². The van der Waals surface area contributed by atoms with Gasteiger partial charge in [-0.15, -0.1) is 0 Å². The number of rotatable bonds is 12. The molecule has 0 aromatic rings. The van der Waals surface area contributed by atoms with E-state index in [4.69, 9.17) is 9.84 Å². The molecule has 0 rings (SSSR count). The van der Waals surface area contributed by atoms with Crippen molar-refractivity contribution in [1.82, 2.24) is 0 Å². The average Bonchev–Trinajstić information content (AvgIpc) is 2.57. The maximum Gasteiger partial charge on any atom is 0.309 e. The van der Waals surface area contributed by atoms with Gasteiger partial charge in [0.05, 0.1) is 17.9 Å². The van der Waals surface area contributed by atoms with Crippen LogP contribution in [0.25, 0.3) is 0 Å². The largest absolute Gasteiger partial charge is 0.481 e. The number of hydrogen-bond acceptors (Lipinski definition) is 3. The first-order chi connectivity index (χ1) is 11.4. The molecule has 0 radical (unpaired) electrons. The van der Waals surface area contributed by atoms with Crippen molar-refractivity contribution in [1.29, 1.82) is 0 Å². The van der Waals surface area contributed by atoms with E-state index in [1.165, 1.54) is 0 Å². The zero-order valence-corrected chi connectivity index (χ0v) is 16.8. The maximum absolute atomic E-state index is 11.3. The fourth-order valence-electron chi connectivity index (χ4n) is 2.73. The first kappa shape index (κ1) is 25.2. The highest BCUT2D eigenvalue weighted by Gasteiger charge is 2.33. The lowest BCUT2D eigenvalue weighted by Crippen LogP contribution is -2.29. The lowest BCUT2D eigenvalue weighted by atomic mass is 9.78. The number of esters is 1. The summed E-state index contributed by atoms with van der Waals surface area (Å²) in [5.74, 6) is -0.515. The van der Waals surface area contributed by atoms with Gasteiger partial charge in [-0.1, -0.05) is 60.3 Å². The Bertz CT molecular complexity index is 320. The summed E-state index contributed by atoms with van der Waals surface area (Å²) in [7, 11) is 0. The Hall–Kier alpha value is -1.06. The van der Waals surface area contributed by atoms with Gasteiger partial charge in [0.2, 0.25) is 0 Å². The molecule has 1 N–H and O–H groups in total. The van der Waals surface area contributed by atoms with Crippen LogP contribution in [0.4, 0.5) is 0 Å². The fraction of sp³-hybridized carbons (Fsp3) is 0.900. The molecule has 0 heterocycles. The summed E-state index contributed by atoms with van der Waals surface area (Å²) in [6.45, 7) is 12.6. The van der Waals surface area contributed by atoms with Gasteiger partial charge in [0.15, 0.2) is 0 Å². The monoisotopic (exact) mass is 344 g/mol. The number of ether oxygens (including phenoxy) is 1. The molecule has 0 spiro atoms. The molecule has 24 heavy (non-hydrogen) atoms. The standard InChI is InChI=1S/2C10H20O2/c1-4-7-8-10(5-2,6-3)9(11)12;1-4-7-8-9(5-2)10(11)12-6-3/h4-8H2,1-3H3,(H,11,12);9H,4-8H2,1-3H3. The fourth-order valence-corrected chi connectivity index (χ4v) is 2.73. The van der Waals surface area contributed by atoms with Gasteiger partial charge in [-0.2, -0.15) is 0 Å². The average molecular weight is 345 g/mol. The molecule has 0 amide bonds. The molecule has 0 aromatic carbocycles. The van der Waals surface area contributed by atoms with Crippen molar-refractivity contribution in [2.24, 2.45) is 11.3 Å². The van der Waals surface area contributed by atoms with Gasteiger partial charge in [-0.05, 0) is 39.0 Å². The molecule has 0 aliphatic carbocycles. The zero-order chi connectivity index (χ0) is 19.0. The van der Waals surface area contributed by atoms with Crippen molar-refractivity contribution in [3.8, 4) is 0 Å². The number of unbranched alkanes of at least 4 members (excludes halogenated alkanes) is 2. The Kier molecular flexibility index (Phi) is 16.2. The van der Waals surface area contributed by atoms with Crippen LogP contribution in [0, 0.1) is 11.3 Å². The van der Waals surface area contributed by atoms with E-state index in [0.29, 0.717) is 6.61 Å². The lowest BCUT2D eigenvalue weighted by Gasteiger charge is -2.26. The molecule has 1 unspecified atom stereocenters. The predicted octanol–water partition coefficient (Wildman–Crippen LogP) is 5.83.